The van der Waals surface area contributed by atoms with Crippen molar-refractivity contribution in [2.45, 2.75) is 39.2 Å². The van der Waals surface area contributed by atoms with E-state index in [0.29, 0.717) is 23.2 Å². The molecule has 1 fully saturated rings. The van der Waals surface area contributed by atoms with E-state index in [2.05, 4.69) is 15.5 Å². The molecule has 1 N–H and O–H groups in total. The molecular formula is C18H21ClN4O2S. The molecule has 26 heavy (non-hydrogen) atoms. The van der Waals surface area contributed by atoms with Crippen LogP contribution in [-0.2, 0) is 21.5 Å². The normalized spacial score (nSPS) is 17.6. The van der Waals surface area contributed by atoms with Crippen LogP contribution in [0.3, 0.4) is 0 Å². The first kappa shape index (κ1) is 18.8. The van der Waals surface area contributed by atoms with E-state index < -0.39 is 0 Å². The van der Waals surface area contributed by atoms with Crippen LogP contribution < -0.4 is 5.32 Å². The molecule has 6 nitrogen and oxygen atoms in total. The van der Waals surface area contributed by atoms with Crippen molar-refractivity contribution < 1.29 is 9.59 Å². The summed E-state index contributed by atoms with van der Waals surface area (Å²) in [6.45, 7) is 7.02. The lowest BCUT2D eigenvalue weighted by Gasteiger charge is -2.16. The van der Waals surface area contributed by atoms with E-state index in [9.17, 15) is 9.59 Å². The minimum Gasteiger partial charge on any atom is -0.338 e. The molecule has 0 saturated carbocycles. The van der Waals surface area contributed by atoms with E-state index in [4.69, 9.17) is 11.6 Å². The Balaban J connectivity index is 1.60. The maximum Gasteiger partial charge on any atom is 0.231 e. The van der Waals surface area contributed by atoms with E-state index in [1.165, 1.54) is 11.3 Å². The van der Waals surface area contributed by atoms with Crippen molar-refractivity contribution >= 4 is 39.9 Å². The van der Waals surface area contributed by atoms with Crippen LogP contribution in [0.1, 0.15) is 37.8 Å². The van der Waals surface area contributed by atoms with Crippen molar-refractivity contribution in [2.75, 3.05) is 11.9 Å². The molecule has 1 aromatic heterocycles. The predicted molar refractivity (Wildman–Crippen MR) is 102 cm³/mol. The Morgan fingerprint density at radius 1 is 1.31 bits per heavy atom. The second-order valence-electron chi connectivity index (χ2n) is 7.45. The maximum atomic E-state index is 12.5. The van der Waals surface area contributed by atoms with Gasteiger partial charge in [0.15, 0.2) is 0 Å². The van der Waals surface area contributed by atoms with Crippen molar-refractivity contribution in [3.8, 4) is 0 Å². The van der Waals surface area contributed by atoms with Crippen LogP contribution in [0.15, 0.2) is 24.3 Å². The van der Waals surface area contributed by atoms with Gasteiger partial charge in [-0.3, -0.25) is 9.59 Å². The Morgan fingerprint density at radius 2 is 2.00 bits per heavy atom. The Hall–Kier alpha value is -1.99. The van der Waals surface area contributed by atoms with Gasteiger partial charge < -0.3 is 10.2 Å². The first-order valence-electron chi connectivity index (χ1n) is 8.39. The number of hydrogen-bond donors (Lipinski definition) is 1. The zero-order valence-electron chi connectivity index (χ0n) is 15.0. The van der Waals surface area contributed by atoms with Crippen LogP contribution in [0.25, 0.3) is 0 Å². The fraction of sp³-hybridized carbons (Fsp3) is 0.444. The molecule has 1 aromatic carbocycles. The largest absolute Gasteiger partial charge is 0.338 e. The molecule has 0 aliphatic carbocycles. The highest BCUT2D eigenvalue weighted by molar-refractivity contribution is 7.15. The lowest BCUT2D eigenvalue weighted by molar-refractivity contribution is -0.128. The minimum atomic E-state index is -0.378. The van der Waals surface area contributed by atoms with E-state index in [0.717, 1.165) is 10.6 Å². The van der Waals surface area contributed by atoms with Gasteiger partial charge in [-0.2, -0.15) is 0 Å². The third kappa shape index (κ3) is 4.40. The fourth-order valence-electron chi connectivity index (χ4n) is 2.70. The number of anilines is 1. The molecule has 0 bridgehead atoms. The van der Waals surface area contributed by atoms with Gasteiger partial charge in [-0.15, -0.1) is 10.2 Å². The van der Waals surface area contributed by atoms with E-state index in [1.807, 2.05) is 32.9 Å². The number of nitrogens with zero attached hydrogens (tertiary/aromatic N) is 3. The SMILES string of the molecule is CC(C)(C)c1nnc(NC(=O)[C@H]2CC(=O)N(Cc3ccc(Cl)cc3)C2)s1. The third-order valence-electron chi connectivity index (χ3n) is 4.17. The monoisotopic (exact) mass is 392 g/mol. The van der Waals surface area contributed by atoms with Gasteiger partial charge in [0.25, 0.3) is 0 Å². The third-order valence-corrected chi connectivity index (χ3v) is 5.69. The van der Waals surface area contributed by atoms with Gasteiger partial charge in [-0.1, -0.05) is 55.8 Å². The molecule has 2 amide bonds. The molecule has 1 atom stereocenters. The zero-order chi connectivity index (χ0) is 18.9. The van der Waals surface area contributed by atoms with E-state index in [1.54, 1.807) is 17.0 Å². The van der Waals surface area contributed by atoms with Gasteiger partial charge in [0, 0.05) is 29.9 Å². The number of aromatic nitrogens is 2. The summed E-state index contributed by atoms with van der Waals surface area (Å²) in [6.07, 6.45) is 0.213. The summed E-state index contributed by atoms with van der Waals surface area (Å²) >= 11 is 7.25. The zero-order valence-corrected chi connectivity index (χ0v) is 16.5. The van der Waals surface area contributed by atoms with Crippen LogP contribution in [0, 0.1) is 5.92 Å². The second kappa shape index (κ2) is 7.32. The molecular weight excluding hydrogens is 372 g/mol. The number of halogens is 1. The van der Waals surface area contributed by atoms with Crippen LogP contribution >= 0.6 is 22.9 Å². The van der Waals surface area contributed by atoms with Gasteiger partial charge in [0.2, 0.25) is 16.9 Å². The summed E-state index contributed by atoms with van der Waals surface area (Å²) in [7, 11) is 0. The Kier molecular flexibility index (Phi) is 5.29. The average molecular weight is 393 g/mol. The molecule has 1 aliphatic rings. The van der Waals surface area contributed by atoms with E-state index in [-0.39, 0.29) is 29.6 Å². The number of carbonyl (C=O) groups excluding carboxylic acids is 2. The quantitative estimate of drug-likeness (QED) is 0.864. The van der Waals surface area contributed by atoms with Gasteiger partial charge in [0.1, 0.15) is 5.01 Å². The Labute approximate surface area is 161 Å². The van der Waals surface area contributed by atoms with Gasteiger partial charge >= 0.3 is 0 Å². The summed E-state index contributed by atoms with van der Waals surface area (Å²) in [5.74, 6) is -0.585. The summed E-state index contributed by atoms with van der Waals surface area (Å²) in [5.41, 5.74) is 0.877. The smallest absolute Gasteiger partial charge is 0.231 e. The van der Waals surface area contributed by atoms with Crippen molar-refractivity contribution in [2.24, 2.45) is 5.92 Å². The van der Waals surface area contributed by atoms with E-state index >= 15 is 0 Å². The van der Waals surface area contributed by atoms with Gasteiger partial charge in [-0.25, -0.2) is 0 Å². The first-order chi connectivity index (χ1) is 12.2. The average Bonchev–Trinajstić information content (AvgIpc) is 3.17. The topological polar surface area (TPSA) is 75.2 Å². The summed E-state index contributed by atoms with van der Waals surface area (Å²) in [5, 5.41) is 13.0. The molecule has 138 valence electrons. The maximum absolute atomic E-state index is 12.5. The van der Waals surface area contributed by atoms with Gasteiger partial charge in [-0.05, 0) is 17.7 Å². The number of rotatable bonds is 4. The lowest BCUT2D eigenvalue weighted by Crippen LogP contribution is -2.28. The van der Waals surface area contributed by atoms with Crippen molar-refractivity contribution in [1.29, 1.82) is 0 Å². The minimum absolute atomic E-state index is 0.0206. The number of likely N-dealkylation sites (tertiary alicyclic amines) is 1. The molecule has 1 saturated heterocycles. The molecule has 0 unspecified atom stereocenters. The van der Waals surface area contributed by atoms with Crippen LogP contribution in [0.5, 0.6) is 0 Å². The Morgan fingerprint density at radius 3 is 2.62 bits per heavy atom. The first-order valence-corrected chi connectivity index (χ1v) is 9.59. The lowest BCUT2D eigenvalue weighted by atomic mass is 9.98. The second-order valence-corrected chi connectivity index (χ2v) is 8.87. The molecule has 8 heteroatoms. The van der Waals surface area contributed by atoms with Crippen LogP contribution in [0.2, 0.25) is 5.02 Å². The number of hydrogen-bond acceptors (Lipinski definition) is 5. The molecule has 3 rings (SSSR count). The summed E-state index contributed by atoms with van der Waals surface area (Å²) in [4.78, 5) is 26.4. The molecule has 0 radical (unpaired) electrons. The molecule has 2 heterocycles. The Bertz CT molecular complexity index is 813. The van der Waals surface area contributed by atoms with Crippen molar-refractivity contribution in [1.82, 2.24) is 15.1 Å². The van der Waals surface area contributed by atoms with Gasteiger partial charge in [0.05, 0.1) is 5.92 Å². The standard InChI is InChI=1S/C18H21ClN4O2S/c1-18(2,3)16-21-22-17(26-16)20-15(25)12-8-14(24)23(10-12)9-11-4-6-13(19)7-5-11/h4-7,12H,8-10H2,1-3H3,(H,20,22,25)/t12-/m0/s1. The van der Waals surface area contributed by atoms with Crippen molar-refractivity contribution in [3.63, 3.8) is 0 Å². The molecule has 0 spiro atoms. The molecule has 2 aromatic rings. The predicted octanol–water partition coefficient (Wildman–Crippen LogP) is 3.48. The number of benzene rings is 1. The molecule has 1 aliphatic heterocycles. The summed E-state index contributed by atoms with van der Waals surface area (Å²) in [6, 6.07) is 7.37. The highest BCUT2D eigenvalue weighted by Gasteiger charge is 2.34. The number of carbonyl (C=O) groups is 2. The highest BCUT2D eigenvalue weighted by Crippen LogP contribution is 2.29. The van der Waals surface area contributed by atoms with Crippen LogP contribution in [0.4, 0.5) is 5.13 Å². The number of amides is 2. The highest BCUT2D eigenvalue weighted by atomic mass is 35.5. The van der Waals surface area contributed by atoms with Crippen LogP contribution in [-0.4, -0.2) is 33.5 Å². The number of nitrogens with one attached hydrogen (secondary N) is 1. The fourth-order valence-corrected chi connectivity index (χ4v) is 3.63. The summed E-state index contributed by atoms with van der Waals surface area (Å²) < 4.78 is 0. The van der Waals surface area contributed by atoms with Crippen molar-refractivity contribution in [3.05, 3.63) is 39.9 Å².